The average Bonchev–Trinajstić information content (AvgIpc) is 2.64. The first kappa shape index (κ1) is 15.6. The molecule has 100 valence electrons. The van der Waals surface area contributed by atoms with Crippen molar-refractivity contribution >= 4 is 58.2 Å². The molecule has 4 nitrogen and oxygen atoms in total. The second-order valence-corrected chi connectivity index (χ2v) is 6.43. The number of thioether (sulfide) groups is 1. The molecule has 18 heavy (non-hydrogen) atoms. The number of carbonyl (C=O) groups excluding carboxylic acids is 1. The minimum Gasteiger partial charge on any atom is -0.480 e. The molecule has 0 aromatic carbocycles. The molecule has 1 aromatic rings. The Morgan fingerprint density at radius 2 is 2.22 bits per heavy atom. The van der Waals surface area contributed by atoms with E-state index in [1.165, 1.54) is 17.8 Å². The van der Waals surface area contributed by atoms with Gasteiger partial charge in [-0.1, -0.05) is 23.2 Å². The fourth-order valence-electron chi connectivity index (χ4n) is 1.18. The molecule has 1 amide bonds. The van der Waals surface area contributed by atoms with Gasteiger partial charge in [0.25, 0.3) is 5.91 Å². The normalized spacial score (nSPS) is 12.2. The van der Waals surface area contributed by atoms with Crippen molar-refractivity contribution in [3.8, 4) is 0 Å². The summed E-state index contributed by atoms with van der Waals surface area (Å²) in [6, 6.07) is 0.529. The molecule has 0 aliphatic carbocycles. The molecular formula is C10H11Cl2NO3S2. The highest BCUT2D eigenvalue weighted by Crippen LogP contribution is 2.31. The fourth-order valence-corrected chi connectivity index (χ4v) is 2.92. The zero-order chi connectivity index (χ0) is 13.7. The highest BCUT2D eigenvalue weighted by atomic mass is 35.5. The number of nitrogens with one attached hydrogen (secondary N) is 1. The zero-order valence-electron chi connectivity index (χ0n) is 9.41. The number of aliphatic carboxylic acids is 1. The van der Waals surface area contributed by atoms with Crippen LogP contribution in [0.15, 0.2) is 6.07 Å². The van der Waals surface area contributed by atoms with Crippen LogP contribution in [0.5, 0.6) is 0 Å². The van der Waals surface area contributed by atoms with E-state index in [0.717, 1.165) is 11.3 Å². The maximum atomic E-state index is 11.8. The molecule has 0 aliphatic rings. The standard InChI is InChI=1S/C10H11Cl2NO3S2/c1-17-3-2-6(10(15)16)13-9(14)7-4-5(11)8(12)18-7/h4,6H,2-3H2,1H3,(H,13,14)(H,15,16). The molecular weight excluding hydrogens is 317 g/mol. The summed E-state index contributed by atoms with van der Waals surface area (Å²) in [6.45, 7) is 0. The lowest BCUT2D eigenvalue weighted by Gasteiger charge is -2.12. The summed E-state index contributed by atoms with van der Waals surface area (Å²) >= 11 is 14.0. The van der Waals surface area contributed by atoms with Gasteiger partial charge in [-0.25, -0.2) is 4.79 Å². The van der Waals surface area contributed by atoms with Gasteiger partial charge in [0.15, 0.2) is 0 Å². The largest absolute Gasteiger partial charge is 0.480 e. The van der Waals surface area contributed by atoms with Crippen LogP contribution in [0.2, 0.25) is 9.36 Å². The number of carbonyl (C=O) groups is 2. The van der Waals surface area contributed by atoms with Gasteiger partial charge in [0, 0.05) is 0 Å². The molecule has 0 bridgehead atoms. The third kappa shape index (κ3) is 4.35. The summed E-state index contributed by atoms with van der Waals surface area (Å²) in [5.74, 6) is -0.864. The quantitative estimate of drug-likeness (QED) is 0.842. The molecule has 0 radical (unpaired) electrons. The topological polar surface area (TPSA) is 66.4 Å². The summed E-state index contributed by atoms with van der Waals surface area (Å²) in [4.78, 5) is 23.1. The Bertz CT molecular complexity index is 431. The first-order chi connectivity index (χ1) is 8.45. The summed E-state index contributed by atoms with van der Waals surface area (Å²) in [5, 5.41) is 11.7. The van der Waals surface area contributed by atoms with Gasteiger partial charge in [0.1, 0.15) is 10.4 Å². The Balaban J connectivity index is 2.69. The van der Waals surface area contributed by atoms with Gasteiger partial charge in [-0.15, -0.1) is 11.3 Å². The molecule has 0 aliphatic heterocycles. The molecule has 0 saturated heterocycles. The first-order valence-electron chi connectivity index (χ1n) is 4.93. The molecule has 1 rings (SSSR count). The Hall–Kier alpha value is -0.430. The van der Waals surface area contributed by atoms with E-state index in [2.05, 4.69) is 5.32 Å². The van der Waals surface area contributed by atoms with E-state index in [1.54, 1.807) is 0 Å². The molecule has 2 N–H and O–H groups in total. The first-order valence-corrected chi connectivity index (χ1v) is 7.89. The highest BCUT2D eigenvalue weighted by Gasteiger charge is 2.21. The molecule has 1 atom stereocenters. The van der Waals surface area contributed by atoms with Gasteiger partial charge < -0.3 is 10.4 Å². The van der Waals surface area contributed by atoms with Crippen LogP contribution in [0.4, 0.5) is 0 Å². The van der Waals surface area contributed by atoms with E-state index in [4.69, 9.17) is 28.3 Å². The van der Waals surface area contributed by atoms with Gasteiger partial charge in [-0.05, 0) is 24.5 Å². The second-order valence-electron chi connectivity index (χ2n) is 3.38. The van der Waals surface area contributed by atoms with Gasteiger partial charge in [-0.2, -0.15) is 11.8 Å². The summed E-state index contributed by atoms with van der Waals surface area (Å²) < 4.78 is 0.317. The third-order valence-electron chi connectivity index (χ3n) is 2.08. The molecule has 0 fully saturated rings. The van der Waals surface area contributed by atoms with Crippen LogP contribution in [0.3, 0.4) is 0 Å². The number of rotatable bonds is 6. The van der Waals surface area contributed by atoms with Crippen molar-refractivity contribution in [1.82, 2.24) is 5.32 Å². The summed E-state index contributed by atoms with van der Waals surface area (Å²) in [5.41, 5.74) is 0. The molecule has 1 unspecified atom stereocenters. The SMILES string of the molecule is CSCCC(NC(=O)c1cc(Cl)c(Cl)s1)C(=O)O. The highest BCUT2D eigenvalue weighted by molar-refractivity contribution is 7.98. The van der Waals surface area contributed by atoms with Crippen molar-refractivity contribution in [2.24, 2.45) is 0 Å². The number of carboxylic acid groups (broad SMARTS) is 1. The lowest BCUT2D eigenvalue weighted by Crippen LogP contribution is -2.40. The van der Waals surface area contributed by atoms with Crippen molar-refractivity contribution in [3.63, 3.8) is 0 Å². The zero-order valence-corrected chi connectivity index (χ0v) is 12.5. The van der Waals surface area contributed by atoms with E-state index in [1.807, 2.05) is 6.26 Å². The maximum absolute atomic E-state index is 11.8. The van der Waals surface area contributed by atoms with Crippen LogP contribution < -0.4 is 5.32 Å². The molecule has 8 heteroatoms. The number of halogens is 2. The summed E-state index contributed by atoms with van der Waals surface area (Å²) in [6.07, 6.45) is 2.24. The van der Waals surface area contributed by atoms with Crippen molar-refractivity contribution < 1.29 is 14.7 Å². The monoisotopic (exact) mass is 327 g/mol. The molecule has 1 heterocycles. The van der Waals surface area contributed by atoms with Gasteiger partial charge in [-0.3, -0.25) is 4.79 Å². The van der Waals surface area contributed by atoms with Gasteiger partial charge in [0.05, 0.1) is 9.90 Å². The van der Waals surface area contributed by atoms with Crippen LogP contribution in [-0.4, -0.2) is 35.0 Å². The van der Waals surface area contributed by atoms with Crippen molar-refractivity contribution in [1.29, 1.82) is 0 Å². The summed E-state index contributed by atoms with van der Waals surface area (Å²) in [7, 11) is 0. The number of hydrogen-bond acceptors (Lipinski definition) is 4. The Labute approximate surface area is 123 Å². The minimum atomic E-state index is -1.05. The van der Waals surface area contributed by atoms with Crippen LogP contribution in [0, 0.1) is 0 Å². The third-order valence-corrected chi connectivity index (χ3v) is 4.59. The van der Waals surface area contributed by atoms with Crippen molar-refractivity contribution in [3.05, 3.63) is 20.3 Å². The van der Waals surface area contributed by atoms with Crippen LogP contribution in [-0.2, 0) is 4.79 Å². The van der Waals surface area contributed by atoms with Crippen LogP contribution in [0.1, 0.15) is 16.1 Å². The van der Waals surface area contributed by atoms with Crippen molar-refractivity contribution in [2.45, 2.75) is 12.5 Å². The van der Waals surface area contributed by atoms with E-state index in [-0.39, 0.29) is 0 Å². The number of thiophene rings is 1. The lowest BCUT2D eigenvalue weighted by molar-refractivity contribution is -0.139. The van der Waals surface area contributed by atoms with E-state index < -0.39 is 17.9 Å². The predicted octanol–water partition coefficient (Wildman–Crippen LogP) is 2.99. The maximum Gasteiger partial charge on any atom is 0.326 e. The van der Waals surface area contributed by atoms with Gasteiger partial charge in [0.2, 0.25) is 0 Å². The van der Waals surface area contributed by atoms with Crippen molar-refractivity contribution in [2.75, 3.05) is 12.0 Å². The Kier molecular flexibility index (Phi) is 6.28. The van der Waals surface area contributed by atoms with Crippen LogP contribution in [0.25, 0.3) is 0 Å². The van der Waals surface area contributed by atoms with Crippen LogP contribution >= 0.6 is 46.3 Å². The van der Waals surface area contributed by atoms with E-state index in [0.29, 0.717) is 26.4 Å². The van der Waals surface area contributed by atoms with E-state index >= 15 is 0 Å². The molecule has 1 aromatic heterocycles. The van der Waals surface area contributed by atoms with E-state index in [9.17, 15) is 9.59 Å². The number of amides is 1. The number of carboxylic acids is 1. The molecule has 0 spiro atoms. The fraction of sp³-hybridized carbons (Fsp3) is 0.400. The predicted molar refractivity (Wildman–Crippen MR) is 76.2 cm³/mol. The minimum absolute atomic E-state index is 0.294. The van der Waals surface area contributed by atoms with Gasteiger partial charge >= 0.3 is 5.97 Å². The molecule has 0 saturated carbocycles. The number of hydrogen-bond donors (Lipinski definition) is 2. The lowest BCUT2D eigenvalue weighted by atomic mass is 10.2. The second kappa shape index (κ2) is 7.23. The Morgan fingerprint density at radius 1 is 1.56 bits per heavy atom. The smallest absolute Gasteiger partial charge is 0.326 e. The average molecular weight is 328 g/mol. The Morgan fingerprint density at radius 3 is 2.67 bits per heavy atom.